The van der Waals surface area contributed by atoms with Crippen molar-refractivity contribution < 1.29 is 18.7 Å². The van der Waals surface area contributed by atoms with Crippen LogP contribution in [0.25, 0.3) is 0 Å². The number of anilines is 1. The average Bonchev–Trinajstić information content (AvgIpc) is 2.96. The monoisotopic (exact) mass is 296 g/mol. The van der Waals surface area contributed by atoms with E-state index in [4.69, 9.17) is 15.2 Å². The topological polar surface area (TPSA) is 73.6 Å². The van der Waals surface area contributed by atoms with Crippen molar-refractivity contribution in [2.24, 2.45) is 5.73 Å². The molecular formula is C15H21FN2O3. The van der Waals surface area contributed by atoms with Crippen LogP contribution in [0.3, 0.4) is 0 Å². The van der Waals surface area contributed by atoms with E-state index in [1.165, 1.54) is 18.2 Å². The van der Waals surface area contributed by atoms with Gasteiger partial charge in [0.15, 0.2) is 0 Å². The highest BCUT2D eigenvalue weighted by Crippen LogP contribution is 2.27. The summed E-state index contributed by atoms with van der Waals surface area (Å²) in [4.78, 5) is 12.2. The minimum absolute atomic E-state index is 0.0650. The third kappa shape index (κ3) is 4.15. The van der Waals surface area contributed by atoms with Crippen molar-refractivity contribution in [3.8, 4) is 5.75 Å². The molecule has 1 saturated heterocycles. The van der Waals surface area contributed by atoms with E-state index in [9.17, 15) is 9.18 Å². The van der Waals surface area contributed by atoms with E-state index >= 15 is 0 Å². The minimum Gasteiger partial charge on any atom is -0.491 e. The Kier molecular flexibility index (Phi) is 5.52. The van der Waals surface area contributed by atoms with Crippen molar-refractivity contribution in [2.45, 2.75) is 38.4 Å². The standard InChI is InChI=1S/C15H21FN2O3/c1-2-7-20-14-8-10(16)3-5-12(14)18-15(19)13-6-4-11(9-17)21-13/h3,5,8,11,13H,2,4,6-7,9,17H2,1H3,(H,18,19)/t11-,13+/m1/s1. The zero-order valence-corrected chi connectivity index (χ0v) is 12.1. The molecule has 116 valence electrons. The maximum absolute atomic E-state index is 13.3. The highest BCUT2D eigenvalue weighted by Gasteiger charge is 2.30. The summed E-state index contributed by atoms with van der Waals surface area (Å²) in [6.07, 6.45) is 1.64. The molecule has 0 spiro atoms. The molecule has 1 fully saturated rings. The second kappa shape index (κ2) is 7.38. The fourth-order valence-electron chi connectivity index (χ4n) is 2.22. The SMILES string of the molecule is CCCOc1cc(F)ccc1NC(=O)[C@@H]1CC[C@H](CN)O1. The van der Waals surface area contributed by atoms with E-state index < -0.39 is 11.9 Å². The van der Waals surface area contributed by atoms with Gasteiger partial charge in [0.25, 0.3) is 5.91 Å². The number of hydrogen-bond acceptors (Lipinski definition) is 4. The molecule has 6 heteroatoms. The van der Waals surface area contributed by atoms with Crippen LogP contribution in [0, 0.1) is 5.82 Å². The van der Waals surface area contributed by atoms with E-state index in [0.717, 1.165) is 12.8 Å². The molecule has 2 rings (SSSR count). The smallest absolute Gasteiger partial charge is 0.253 e. The zero-order valence-electron chi connectivity index (χ0n) is 12.1. The first-order valence-electron chi connectivity index (χ1n) is 7.22. The lowest BCUT2D eigenvalue weighted by Gasteiger charge is -2.15. The van der Waals surface area contributed by atoms with Gasteiger partial charge in [0.2, 0.25) is 0 Å². The summed E-state index contributed by atoms with van der Waals surface area (Å²) in [5.74, 6) is -0.322. The fourth-order valence-corrected chi connectivity index (χ4v) is 2.22. The molecule has 1 aromatic carbocycles. The number of halogens is 1. The van der Waals surface area contributed by atoms with Crippen LogP contribution in [0.15, 0.2) is 18.2 Å². The summed E-state index contributed by atoms with van der Waals surface area (Å²) in [6.45, 7) is 2.82. The highest BCUT2D eigenvalue weighted by atomic mass is 19.1. The second-order valence-corrected chi connectivity index (χ2v) is 5.04. The number of nitrogens with two attached hydrogens (primary N) is 1. The van der Waals surface area contributed by atoms with Crippen molar-refractivity contribution in [1.82, 2.24) is 0 Å². The van der Waals surface area contributed by atoms with Crippen LogP contribution in [0.4, 0.5) is 10.1 Å². The number of amides is 1. The first kappa shape index (κ1) is 15.7. The predicted molar refractivity (Wildman–Crippen MR) is 77.8 cm³/mol. The lowest BCUT2D eigenvalue weighted by atomic mass is 10.2. The van der Waals surface area contributed by atoms with E-state index in [1.54, 1.807) is 0 Å². The summed E-state index contributed by atoms with van der Waals surface area (Å²) in [5.41, 5.74) is 5.98. The fraction of sp³-hybridized carbons (Fsp3) is 0.533. The Bertz CT molecular complexity index is 496. The van der Waals surface area contributed by atoms with Gasteiger partial charge in [-0.3, -0.25) is 4.79 Å². The third-order valence-corrected chi connectivity index (χ3v) is 3.33. The summed E-state index contributed by atoms with van der Waals surface area (Å²) in [7, 11) is 0. The molecular weight excluding hydrogens is 275 g/mol. The Labute approximate surface area is 123 Å². The first-order valence-corrected chi connectivity index (χ1v) is 7.22. The molecule has 0 saturated carbocycles. The molecule has 0 radical (unpaired) electrons. The zero-order chi connectivity index (χ0) is 15.2. The molecule has 0 bridgehead atoms. The number of ether oxygens (including phenoxy) is 2. The van der Waals surface area contributed by atoms with Gasteiger partial charge in [-0.2, -0.15) is 0 Å². The minimum atomic E-state index is -0.511. The molecule has 0 unspecified atom stereocenters. The number of rotatable bonds is 6. The van der Waals surface area contributed by atoms with Gasteiger partial charge < -0.3 is 20.5 Å². The molecule has 2 atom stereocenters. The van der Waals surface area contributed by atoms with Gasteiger partial charge >= 0.3 is 0 Å². The van der Waals surface area contributed by atoms with Crippen molar-refractivity contribution in [3.63, 3.8) is 0 Å². The second-order valence-electron chi connectivity index (χ2n) is 5.04. The third-order valence-electron chi connectivity index (χ3n) is 3.33. The normalized spacial score (nSPS) is 21.3. The quantitative estimate of drug-likeness (QED) is 0.842. The number of carbonyl (C=O) groups is 1. The van der Waals surface area contributed by atoms with Crippen LogP contribution in [0.2, 0.25) is 0 Å². The van der Waals surface area contributed by atoms with Gasteiger partial charge in [-0.25, -0.2) is 4.39 Å². The van der Waals surface area contributed by atoms with Gasteiger partial charge in [0.05, 0.1) is 18.4 Å². The van der Waals surface area contributed by atoms with Crippen molar-refractivity contribution in [2.75, 3.05) is 18.5 Å². The maximum atomic E-state index is 13.3. The largest absolute Gasteiger partial charge is 0.491 e. The molecule has 1 aliphatic heterocycles. The summed E-state index contributed by atoms with van der Waals surface area (Å²) < 4.78 is 24.3. The Hall–Kier alpha value is -1.66. The van der Waals surface area contributed by atoms with E-state index in [1.807, 2.05) is 6.92 Å². The molecule has 1 heterocycles. The van der Waals surface area contributed by atoms with Gasteiger partial charge in [0, 0.05) is 12.6 Å². The highest BCUT2D eigenvalue weighted by molar-refractivity contribution is 5.95. The van der Waals surface area contributed by atoms with E-state index in [0.29, 0.717) is 31.0 Å². The lowest BCUT2D eigenvalue weighted by Crippen LogP contribution is -2.30. The molecule has 21 heavy (non-hydrogen) atoms. The van der Waals surface area contributed by atoms with Crippen LogP contribution in [-0.4, -0.2) is 31.3 Å². The Morgan fingerprint density at radius 2 is 2.33 bits per heavy atom. The van der Waals surface area contributed by atoms with Gasteiger partial charge in [-0.05, 0) is 31.4 Å². The van der Waals surface area contributed by atoms with Crippen LogP contribution in [-0.2, 0) is 9.53 Å². The molecule has 0 aromatic heterocycles. The molecule has 0 aliphatic carbocycles. The maximum Gasteiger partial charge on any atom is 0.253 e. The van der Waals surface area contributed by atoms with E-state index in [2.05, 4.69) is 5.32 Å². The predicted octanol–water partition coefficient (Wildman–Crippen LogP) is 2.06. The molecule has 1 aliphatic rings. The lowest BCUT2D eigenvalue weighted by molar-refractivity contribution is -0.126. The van der Waals surface area contributed by atoms with E-state index in [-0.39, 0.29) is 12.0 Å². The Morgan fingerprint density at radius 3 is 3.00 bits per heavy atom. The first-order chi connectivity index (χ1) is 10.1. The molecule has 5 nitrogen and oxygen atoms in total. The number of nitrogens with one attached hydrogen (secondary N) is 1. The summed E-state index contributed by atoms with van der Waals surface area (Å²) in [6, 6.07) is 4.05. The van der Waals surface area contributed by atoms with Crippen molar-refractivity contribution in [3.05, 3.63) is 24.0 Å². The van der Waals surface area contributed by atoms with Crippen LogP contribution >= 0.6 is 0 Å². The Morgan fingerprint density at radius 1 is 1.52 bits per heavy atom. The van der Waals surface area contributed by atoms with Crippen LogP contribution in [0.5, 0.6) is 5.75 Å². The number of hydrogen-bond donors (Lipinski definition) is 2. The van der Waals surface area contributed by atoms with Crippen LogP contribution < -0.4 is 15.8 Å². The molecule has 1 amide bonds. The number of benzene rings is 1. The summed E-state index contributed by atoms with van der Waals surface area (Å²) >= 11 is 0. The average molecular weight is 296 g/mol. The van der Waals surface area contributed by atoms with Crippen molar-refractivity contribution >= 4 is 11.6 Å². The molecule has 1 aromatic rings. The van der Waals surface area contributed by atoms with Crippen LogP contribution in [0.1, 0.15) is 26.2 Å². The Balaban J connectivity index is 2.03. The molecule has 3 N–H and O–H groups in total. The van der Waals surface area contributed by atoms with Gasteiger partial charge in [0.1, 0.15) is 17.7 Å². The van der Waals surface area contributed by atoms with Gasteiger partial charge in [-0.15, -0.1) is 0 Å². The summed E-state index contributed by atoms with van der Waals surface area (Å²) in [5, 5.41) is 2.74. The van der Waals surface area contributed by atoms with Gasteiger partial charge in [-0.1, -0.05) is 6.92 Å². The number of carbonyl (C=O) groups excluding carboxylic acids is 1. The van der Waals surface area contributed by atoms with Crippen molar-refractivity contribution in [1.29, 1.82) is 0 Å².